The van der Waals surface area contributed by atoms with Gasteiger partial charge in [0, 0.05) is 17.0 Å². The van der Waals surface area contributed by atoms with Crippen LogP contribution in [0.5, 0.6) is 5.75 Å². The standard InChI is InChI=1S/C12H11F2NO3/c1-2-17-11(16)10-5-7-3-4-8(18-12(13)14)6-9(7)15-10/h3-6,12,15H,2H2,1H3. The van der Waals surface area contributed by atoms with Gasteiger partial charge in [0.05, 0.1) is 6.61 Å². The van der Waals surface area contributed by atoms with Gasteiger partial charge in [-0.2, -0.15) is 8.78 Å². The van der Waals surface area contributed by atoms with Crippen molar-refractivity contribution in [3.63, 3.8) is 0 Å². The molecule has 4 nitrogen and oxygen atoms in total. The third kappa shape index (κ3) is 2.58. The Balaban J connectivity index is 2.30. The first-order chi connectivity index (χ1) is 8.60. The van der Waals surface area contributed by atoms with Crippen molar-refractivity contribution < 1.29 is 23.0 Å². The number of fused-ring (bicyclic) bond motifs is 1. The topological polar surface area (TPSA) is 51.3 Å². The first-order valence-electron chi connectivity index (χ1n) is 5.35. The van der Waals surface area contributed by atoms with Crippen LogP contribution >= 0.6 is 0 Å². The molecule has 2 rings (SSSR count). The third-order valence-corrected chi connectivity index (χ3v) is 2.31. The van der Waals surface area contributed by atoms with Crippen molar-refractivity contribution in [3.05, 3.63) is 30.0 Å². The number of nitrogens with one attached hydrogen (secondary N) is 1. The summed E-state index contributed by atoms with van der Waals surface area (Å²) in [5.74, 6) is -0.445. The Labute approximate surface area is 102 Å². The summed E-state index contributed by atoms with van der Waals surface area (Å²) < 4.78 is 33.2. The molecule has 96 valence electrons. The fourth-order valence-electron chi connectivity index (χ4n) is 1.60. The number of aromatic nitrogens is 1. The van der Waals surface area contributed by atoms with Crippen LogP contribution in [0.25, 0.3) is 10.9 Å². The van der Waals surface area contributed by atoms with Gasteiger partial charge in [0.25, 0.3) is 0 Å². The predicted octanol–water partition coefficient (Wildman–Crippen LogP) is 2.95. The molecule has 1 heterocycles. The van der Waals surface area contributed by atoms with Gasteiger partial charge in [-0.1, -0.05) is 0 Å². The van der Waals surface area contributed by atoms with Crippen molar-refractivity contribution in [1.29, 1.82) is 0 Å². The monoisotopic (exact) mass is 255 g/mol. The highest BCUT2D eigenvalue weighted by atomic mass is 19.3. The number of H-pyrrole nitrogens is 1. The number of ether oxygens (including phenoxy) is 2. The Hall–Kier alpha value is -2.11. The van der Waals surface area contributed by atoms with Crippen LogP contribution in [-0.4, -0.2) is 24.2 Å². The van der Waals surface area contributed by atoms with Crippen LogP contribution in [0.15, 0.2) is 24.3 Å². The summed E-state index contributed by atoms with van der Waals surface area (Å²) >= 11 is 0. The Morgan fingerprint density at radius 1 is 1.39 bits per heavy atom. The second kappa shape index (κ2) is 5.03. The van der Waals surface area contributed by atoms with Crippen molar-refractivity contribution in [3.8, 4) is 5.75 Å². The maximum absolute atomic E-state index is 12.0. The zero-order valence-electron chi connectivity index (χ0n) is 9.57. The third-order valence-electron chi connectivity index (χ3n) is 2.31. The highest BCUT2D eigenvalue weighted by molar-refractivity contribution is 5.95. The smallest absolute Gasteiger partial charge is 0.387 e. The van der Waals surface area contributed by atoms with Gasteiger partial charge in [0.2, 0.25) is 0 Å². The van der Waals surface area contributed by atoms with Crippen molar-refractivity contribution in [2.24, 2.45) is 0 Å². The van der Waals surface area contributed by atoms with E-state index in [1.165, 1.54) is 12.1 Å². The lowest BCUT2D eigenvalue weighted by atomic mass is 10.2. The summed E-state index contributed by atoms with van der Waals surface area (Å²) in [6.45, 7) is -0.898. The van der Waals surface area contributed by atoms with E-state index in [1.54, 1.807) is 19.1 Å². The molecule has 1 aromatic heterocycles. The lowest BCUT2D eigenvalue weighted by molar-refractivity contribution is -0.0497. The highest BCUT2D eigenvalue weighted by Crippen LogP contribution is 2.23. The van der Waals surface area contributed by atoms with E-state index in [0.29, 0.717) is 5.52 Å². The molecule has 0 spiro atoms. The second-order valence-electron chi connectivity index (χ2n) is 3.53. The van der Waals surface area contributed by atoms with Crippen LogP contribution in [0.1, 0.15) is 17.4 Å². The Kier molecular flexibility index (Phi) is 3.45. The lowest BCUT2D eigenvalue weighted by Gasteiger charge is -2.03. The molecule has 2 aromatic rings. The van der Waals surface area contributed by atoms with E-state index < -0.39 is 12.6 Å². The minimum Gasteiger partial charge on any atom is -0.461 e. The number of alkyl halides is 2. The van der Waals surface area contributed by atoms with Crippen molar-refractivity contribution >= 4 is 16.9 Å². The molecule has 0 unspecified atom stereocenters. The molecule has 1 N–H and O–H groups in total. The lowest BCUT2D eigenvalue weighted by Crippen LogP contribution is -2.04. The second-order valence-corrected chi connectivity index (χ2v) is 3.53. The van der Waals surface area contributed by atoms with Crippen LogP contribution in [0.4, 0.5) is 8.78 Å². The molecule has 0 radical (unpaired) electrons. The van der Waals surface area contributed by atoms with E-state index in [-0.39, 0.29) is 18.1 Å². The van der Waals surface area contributed by atoms with Crippen molar-refractivity contribution in [1.82, 2.24) is 4.98 Å². The SMILES string of the molecule is CCOC(=O)c1cc2ccc(OC(F)F)cc2[nH]1. The highest BCUT2D eigenvalue weighted by Gasteiger charge is 2.11. The summed E-state index contributed by atoms with van der Waals surface area (Å²) in [6, 6.07) is 6.01. The first kappa shape index (κ1) is 12.3. The molecule has 0 saturated heterocycles. The van der Waals surface area contributed by atoms with Gasteiger partial charge in [-0.25, -0.2) is 4.79 Å². The normalized spacial score (nSPS) is 10.9. The molecule has 6 heteroatoms. The molecule has 0 saturated carbocycles. The van der Waals surface area contributed by atoms with Crippen LogP contribution in [0.2, 0.25) is 0 Å². The predicted molar refractivity (Wildman–Crippen MR) is 60.9 cm³/mol. The number of hydrogen-bond acceptors (Lipinski definition) is 3. The van der Waals surface area contributed by atoms with E-state index in [0.717, 1.165) is 5.39 Å². The number of carbonyl (C=O) groups excluding carboxylic acids is 1. The molecule has 1 aromatic carbocycles. The molecule has 0 atom stereocenters. The van der Waals surface area contributed by atoms with Crippen LogP contribution in [0, 0.1) is 0 Å². The number of carbonyl (C=O) groups is 1. The largest absolute Gasteiger partial charge is 0.461 e. The Bertz CT molecular complexity index is 565. The van der Waals surface area contributed by atoms with Crippen molar-refractivity contribution in [2.45, 2.75) is 13.5 Å². The van der Waals surface area contributed by atoms with Gasteiger partial charge in [0.1, 0.15) is 11.4 Å². The molecule has 0 amide bonds. The summed E-state index contributed by atoms with van der Waals surface area (Å²) in [4.78, 5) is 14.3. The fraction of sp³-hybridized carbons (Fsp3) is 0.250. The van der Waals surface area contributed by atoms with E-state index in [9.17, 15) is 13.6 Å². The molecule has 0 aliphatic carbocycles. The Morgan fingerprint density at radius 2 is 2.17 bits per heavy atom. The number of halogens is 2. The number of rotatable bonds is 4. The number of esters is 1. The summed E-state index contributed by atoms with van der Waals surface area (Å²) in [7, 11) is 0. The summed E-state index contributed by atoms with van der Waals surface area (Å²) in [5.41, 5.74) is 0.817. The van der Waals surface area contributed by atoms with Crippen LogP contribution < -0.4 is 4.74 Å². The molecule has 0 fully saturated rings. The molecule has 18 heavy (non-hydrogen) atoms. The van der Waals surface area contributed by atoms with Gasteiger partial charge >= 0.3 is 12.6 Å². The van der Waals surface area contributed by atoms with E-state index in [1.807, 2.05) is 0 Å². The van der Waals surface area contributed by atoms with Gasteiger partial charge in [-0.05, 0) is 25.1 Å². The molecule has 0 aliphatic heterocycles. The first-order valence-corrected chi connectivity index (χ1v) is 5.35. The van der Waals surface area contributed by atoms with Gasteiger partial charge in [-0.15, -0.1) is 0 Å². The van der Waals surface area contributed by atoms with E-state index in [4.69, 9.17) is 4.74 Å². The molecule has 0 aliphatic rings. The Morgan fingerprint density at radius 3 is 2.83 bits per heavy atom. The average molecular weight is 255 g/mol. The van der Waals surface area contributed by atoms with Gasteiger partial charge in [0.15, 0.2) is 0 Å². The minimum absolute atomic E-state index is 0.0368. The van der Waals surface area contributed by atoms with E-state index >= 15 is 0 Å². The average Bonchev–Trinajstić information content (AvgIpc) is 2.71. The van der Waals surface area contributed by atoms with Gasteiger partial charge in [-0.3, -0.25) is 0 Å². The maximum Gasteiger partial charge on any atom is 0.387 e. The van der Waals surface area contributed by atoms with Crippen LogP contribution in [-0.2, 0) is 4.74 Å². The maximum atomic E-state index is 12.0. The van der Waals surface area contributed by atoms with E-state index in [2.05, 4.69) is 9.72 Å². The quantitative estimate of drug-likeness (QED) is 0.854. The molecular weight excluding hydrogens is 244 g/mol. The zero-order chi connectivity index (χ0) is 13.1. The number of benzene rings is 1. The molecule has 0 bridgehead atoms. The molecular formula is C12H11F2NO3. The number of aromatic amines is 1. The van der Waals surface area contributed by atoms with Crippen molar-refractivity contribution in [2.75, 3.05) is 6.61 Å². The summed E-state index contributed by atoms with van der Waals surface area (Å²) in [6.07, 6.45) is 0. The van der Waals surface area contributed by atoms with Gasteiger partial charge < -0.3 is 14.5 Å². The zero-order valence-corrected chi connectivity index (χ0v) is 9.57. The van der Waals surface area contributed by atoms with Crippen LogP contribution in [0.3, 0.4) is 0 Å². The fourth-order valence-corrected chi connectivity index (χ4v) is 1.60. The summed E-state index contributed by atoms with van der Waals surface area (Å²) in [5, 5.41) is 0.722. The number of hydrogen-bond donors (Lipinski definition) is 1. The minimum atomic E-state index is -2.87.